The predicted octanol–water partition coefficient (Wildman–Crippen LogP) is 3.46. The third kappa shape index (κ3) is 5.35. The summed E-state index contributed by atoms with van der Waals surface area (Å²) in [6.07, 6.45) is 5.30. The van der Waals surface area contributed by atoms with Gasteiger partial charge in [-0.2, -0.15) is 0 Å². The standard InChI is InChI=1S/C28H36N4O3/c1-2-35-28(34)25(21-7-4-3-5-8-21)32-18-23(19-32)27(33)31-15-12-20(13-16-31)17-24-11-10-22-9-6-14-29-26(22)30-24/h3-5,7-8,10-11,20,23,25H,2,6,9,12-19H2,1H3,(H,29,30). The molecular formula is C28H36N4O3. The number of piperidine rings is 1. The molecule has 3 aliphatic heterocycles. The van der Waals surface area contributed by atoms with Gasteiger partial charge in [0.1, 0.15) is 11.9 Å². The second kappa shape index (κ2) is 10.8. The van der Waals surface area contributed by atoms with E-state index in [0.29, 0.717) is 25.6 Å². The van der Waals surface area contributed by atoms with Crippen LogP contribution in [0.3, 0.4) is 0 Å². The molecule has 1 atom stereocenters. The lowest BCUT2D eigenvalue weighted by atomic mass is 9.89. The van der Waals surface area contributed by atoms with Crippen LogP contribution in [0.2, 0.25) is 0 Å². The van der Waals surface area contributed by atoms with Gasteiger partial charge < -0.3 is 15.0 Å². The Morgan fingerprint density at radius 1 is 1.11 bits per heavy atom. The van der Waals surface area contributed by atoms with E-state index in [1.165, 1.54) is 12.0 Å². The van der Waals surface area contributed by atoms with E-state index in [1.807, 2.05) is 42.2 Å². The normalized spacial score (nSPS) is 19.9. The largest absolute Gasteiger partial charge is 0.465 e. The molecule has 1 aromatic heterocycles. The van der Waals surface area contributed by atoms with Crippen LogP contribution < -0.4 is 5.32 Å². The van der Waals surface area contributed by atoms with E-state index < -0.39 is 6.04 Å². The number of carbonyl (C=O) groups excluding carboxylic acids is 2. The number of nitrogens with zero attached hydrogens (tertiary/aromatic N) is 3. The average molecular weight is 477 g/mol. The Morgan fingerprint density at radius 2 is 1.89 bits per heavy atom. The van der Waals surface area contributed by atoms with E-state index in [-0.39, 0.29) is 17.8 Å². The van der Waals surface area contributed by atoms with Crippen LogP contribution in [-0.4, -0.2) is 66.0 Å². The monoisotopic (exact) mass is 476 g/mol. The molecule has 186 valence electrons. The lowest BCUT2D eigenvalue weighted by Gasteiger charge is -2.45. The number of likely N-dealkylation sites (tertiary alicyclic amines) is 2. The van der Waals surface area contributed by atoms with Crippen molar-refractivity contribution in [3.8, 4) is 0 Å². The van der Waals surface area contributed by atoms with Gasteiger partial charge in [-0.1, -0.05) is 36.4 Å². The van der Waals surface area contributed by atoms with E-state index in [0.717, 1.165) is 62.4 Å². The second-order valence-corrected chi connectivity index (χ2v) is 10.0. The summed E-state index contributed by atoms with van der Waals surface area (Å²) in [5, 5.41) is 3.43. The van der Waals surface area contributed by atoms with Crippen LogP contribution in [0.5, 0.6) is 0 Å². The van der Waals surface area contributed by atoms with E-state index >= 15 is 0 Å². The number of pyridine rings is 1. The molecule has 4 heterocycles. The number of amides is 1. The quantitative estimate of drug-likeness (QED) is 0.617. The van der Waals surface area contributed by atoms with Gasteiger partial charge in [-0.25, -0.2) is 9.78 Å². The van der Waals surface area contributed by atoms with E-state index in [2.05, 4.69) is 22.3 Å². The lowest BCUT2D eigenvalue weighted by Crippen LogP contribution is -2.57. The fraction of sp³-hybridized carbons (Fsp3) is 0.536. The van der Waals surface area contributed by atoms with Crippen molar-refractivity contribution in [3.05, 3.63) is 59.3 Å². The summed E-state index contributed by atoms with van der Waals surface area (Å²) in [6.45, 7) is 6.00. The molecule has 7 nitrogen and oxygen atoms in total. The molecule has 3 aliphatic rings. The summed E-state index contributed by atoms with van der Waals surface area (Å²) in [4.78, 5) is 34.8. The van der Waals surface area contributed by atoms with Gasteiger partial charge in [0, 0.05) is 38.4 Å². The highest BCUT2D eigenvalue weighted by Gasteiger charge is 2.42. The topological polar surface area (TPSA) is 74.8 Å². The number of hydrogen-bond acceptors (Lipinski definition) is 6. The van der Waals surface area contributed by atoms with Crippen LogP contribution >= 0.6 is 0 Å². The van der Waals surface area contributed by atoms with Crippen LogP contribution in [0, 0.1) is 11.8 Å². The molecule has 2 fully saturated rings. The number of fused-ring (bicyclic) bond motifs is 1. The van der Waals surface area contributed by atoms with Crippen molar-refractivity contribution in [3.63, 3.8) is 0 Å². The van der Waals surface area contributed by atoms with Gasteiger partial charge in [-0.15, -0.1) is 0 Å². The molecular weight excluding hydrogens is 440 g/mol. The molecule has 0 spiro atoms. The van der Waals surface area contributed by atoms with Crippen molar-refractivity contribution in [2.24, 2.45) is 11.8 Å². The minimum absolute atomic E-state index is 0.0411. The average Bonchev–Trinajstić information content (AvgIpc) is 2.86. The smallest absolute Gasteiger partial charge is 0.328 e. The van der Waals surface area contributed by atoms with E-state index in [9.17, 15) is 9.59 Å². The minimum Gasteiger partial charge on any atom is -0.465 e. The van der Waals surface area contributed by atoms with Gasteiger partial charge in [0.2, 0.25) is 5.91 Å². The van der Waals surface area contributed by atoms with Crippen LogP contribution in [0.1, 0.15) is 49.0 Å². The summed E-state index contributed by atoms with van der Waals surface area (Å²) >= 11 is 0. The summed E-state index contributed by atoms with van der Waals surface area (Å²) in [5.74, 6) is 1.58. The van der Waals surface area contributed by atoms with Gasteiger partial charge in [-0.05, 0) is 62.1 Å². The first kappa shape index (κ1) is 23.8. The molecule has 35 heavy (non-hydrogen) atoms. The molecule has 0 bridgehead atoms. The third-order valence-corrected chi connectivity index (χ3v) is 7.63. The summed E-state index contributed by atoms with van der Waals surface area (Å²) in [6, 6.07) is 13.7. The zero-order chi connectivity index (χ0) is 24.2. The number of hydrogen-bond donors (Lipinski definition) is 1. The number of anilines is 1. The van der Waals surface area contributed by atoms with Crippen molar-refractivity contribution < 1.29 is 14.3 Å². The zero-order valence-corrected chi connectivity index (χ0v) is 20.6. The Bertz CT molecular complexity index is 1030. The van der Waals surface area contributed by atoms with Crippen LogP contribution in [-0.2, 0) is 27.2 Å². The first-order chi connectivity index (χ1) is 17.1. The Morgan fingerprint density at radius 3 is 2.63 bits per heavy atom. The number of aromatic nitrogens is 1. The Labute approximate surface area is 207 Å². The fourth-order valence-electron chi connectivity index (χ4n) is 5.63. The zero-order valence-electron chi connectivity index (χ0n) is 20.6. The molecule has 5 rings (SSSR count). The van der Waals surface area contributed by atoms with Crippen LogP contribution in [0.15, 0.2) is 42.5 Å². The van der Waals surface area contributed by atoms with Gasteiger partial charge in [-0.3, -0.25) is 9.69 Å². The number of esters is 1. The highest BCUT2D eigenvalue weighted by atomic mass is 16.5. The predicted molar refractivity (Wildman–Crippen MR) is 135 cm³/mol. The van der Waals surface area contributed by atoms with E-state index in [4.69, 9.17) is 9.72 Å². The van der Waals surface area contributed by atoms with Crippen LogP contribution in [0.25, 0.3) is 0 Å². The maximum Gasteiger partial charge on any atom is 0.328 e. The first-order valence-corrected chi connectivity index (χ1v) is 13.1. The van der Waals surface area contributed by atoms with Crippen LogP contribution in [0.4, 0.5) is 5.82 Å². The number of benzene rings is 1. The SMILES string of the molecule is CCOC(=O)C(c1ccccc1)N1CC(C(=O)N2CCC(Cc3ccc4c(n3)NCCC4)CC2)C1. The number of ether oxygens (including phenoxy) is 1. The van der Waals surface area contributed by atoms with Gasteiger partial charge in [0.15, 0.2) is 0 Å². The summed E-state index contributed by atoms with van der Waals surface area (Å²) in [5.41, 5.74) is 3.40. The summed E-state index contributed by atoms with van der Waals surface area (Å²) in [7, 11) is 0. The van der Waals surface area contributed by atoms with Crippen molar-refractivity contribution in [1.82, 2.24) is 14.8 Å². The molecule has 2 saturated heterocycles. The highest BCUT2D eigenvalue weighted by Crippen LogP contribution is 2.32. The maximum absolute atomic E-state index is 13.2. The number of aryl methyl sites for hydroxylation is 1. The molecule has 1 aromatic carbocycles. The van der Waals surface area contributed by atoms with Gasteiger partial charge in [0.25, 0.3) is 0 Å². The Kier molecular flexibility index (Phi) is 7.32. The number of carbonyl (C=O) groups is 2. The molecule has 2 aromatic rings. The van der Waals surface area contributed by atoms with Crippen molar-refractivity contribution in [2.45, 2.75) is 45.1 Å². The molecule has 1 amide bonds. The molecule has 0 radical (unpaired) electrons. The highest BCUT2D eigenvalue weighted by molar-refractivity contribution is 5.82. The Hall–Kier alpha value is -2.93. The minimum atomic E-state index is -0.440. The van der Waals surface area contributed by atoms with E-state index in [1.54, 1.807) is 0 Å². The molecule has 1 N–H and O–H groups in total. The maximum atomic E-state index is 13.2. The molecule has 0 saturated carbocycles. The second-order valence-electron chi connectivity index (χ2n) is 10.0. The first-order valence-electron chi connectivity index (χ1n) is 13.1. The van der Waals surface area contributed by atoms with Crippen molar-refractivity contribution >= 4 is 17.7 Å². The molecule has 1 unspecified atom stereocenters. The van der Waals surface area contributed by atoms with Crippen molar-refractivity contribution in [1.29, 1.82) is 0 Å². The number of nitrogens with one attached hydrogen (secondary N) is 1. The third-order valence-electron chi connectivity index (χ3n) is 7.63. The van der Waals surface area contributed by atoms with Gasteiger partial charge in [0.05, 0.1) is 12.5 Å². The Balaban J connectivity index is 1.12. The molecule has 7 heteroatoms. The molecule has 0 aliphatic carbocycles. The number of rotatable bonds is 7. The lowest BCUT2D eigenvalue weighted by molar-refractivity contribution is -0.157. The summed E-state index contributed by atoms with van der Waals surface area (Å²) < 4.78 is 5.33. The fourth-order valence-corrected chi connectivity index (χ4v) is 5.63. The van der Waals surface area contributed by atoms with Gasteiger partial charge >= 0.3 is 5.97 Å². The van der Waals surface area contributed by atoms with Crippen molar-refractivity contribution in [2.75, 3.05) is 44.6 Å².